The van der Waals surface area contributed by atoms with Crippen molar-refractivity contribution in [2.45, 2.75) is 19.0 Å². The first kappa shape index (κ1) is 19.9. The van der Waals surface area contributed by atoms with Crippen LogP contribution in [0.15, 0.2) is 89.8 Å². The number of pyridine rings is 2. The molecule has 0 spiro atoms. The number of thiocarbonyl (C=S) groups is 1. The molecule has 0 amide bonds. The molecule has 0 radical (unpaired) electrons. The second-order valence-electron chi connectivity index (χ2n) is 7.47. The van der Waals surface area contributed by atoms with Crippen molar-refractivity contribution in [3.63, 3.8) is 0 Å². The Bertz CT molecular complexity index is 1200. The molecule has 0 aliphatic carbocycles. The van der Waals surface area contributed by atoms with Gasteiger partial charge in [-0.3, -0.25) is 4.98 Å². The monoisotopic (exact) mass is 489 g/mol. The van der Waals surface area contributed by atoms with Gasteiger partial charge in [-0.15, -0.1) is 0 Å². The van der Waals surface area contributed by atoms with Crippen LogP contribution in [0.2, 0.25) is 0 Å². The minimum atomic E-state index is -0.101. The van der Waals surface area contributed by atoms with Gasteiger partial charge in [0.2, 0.25) is 0 Å². The van der Waals surface area contributed by atoms with Gasteiger partial charge in [-0.05, 0) is 79.3 Å². The number of aromatic nitrogens is 3. The highest BCUT2D eigenvalue weighted by atomic mass is 79.9. The minimum Gasteiger partial charge on any atom is -0.351 e. The van der Waals surface area contributed by atoms with Crippen LogP contribution in [0, 0.1) is 6.92 Å². The highest BCUT2D eigenvalue weighted by molar-refractivity contribution is 9.10. The van der Waals surface area contributed by atoms with E-state index in [1.807, 2.05) is 68.0 Å². The van der Waals surface area contributed by atoms with Crippen molar-refractivity contribution in [3.05, 3.63) is 107 Å². The van der Waals surface area contributed by atoms with Crippen molar-refractivity contribution in [1.82, 2.24) is 19.9 Å². The Morgan fingerprint density at radius 1 is 0.968 bits per heavy atom. The second-order valence-corrected chi connectivity index (χ2v) is 8.77. The molecule has 1 aliphatic heterocycles. The van der Waals surface area contributed by atoms with Crippen molar-refractivity contribution >= 4 is 38.9 Å². The van der Waals surface area contributed by atoms with E-state index in [4.69, 9.17) is 12.2 Å². The lowest BCUT2D eigenvalue weighted by Gasteiger charge is -2.28. The maximum atomic E-state index is 5.81. The van der Waals surface area contributed by atoms with E-state index in [9.17, 15) is 0 Å². The molecule has 7 heteroatoms. The number of nitrogens with one attached hydrogen (secondary N) is 1. The summed E-state index contributed by atoms with van der Waals surface area (Å²) in [5.41, 5.74) is 4.18. The number of rotatable bonds is 4. The Morgan fingerprint density at radius 3 is 2.52 bits per heavy atom. The first-order chi connectivity index (χ1) is 15.1. The molecular weight excluding hydrogens is 470 g/mol. The van der Waals surface area contributed by atoms with E-state index in [1.54, 1.807) is 0 Å². The molecule has 5 nitrogen and oxygen atoms in total. The summed E-state index contributed by atoms with van der Waals surface area (Å²) in [6.07, 6.45) is 5.75. The fraction of sp³-hybridized carbons (Fsp3) is 0.125. The van der Waals surface area contributed by atoms with Crippen LogP contribution in [0.3, 0.4) is 0 Å². The molecular formula is C24H20BrN5S. The molecule has 5 rings (SSSR count). The van der Waals surface area contributed by atoms with Crippen LogP contribution in [-0.4, -0.2) is 19.6 Å². The minimum absolute atomic E-state index is 0.0957. The van der Waals surface area contributed by atoms with Gasteiger partial charge in [0, 0.05) is 34.4 Å². The number of hydrogen-bond donors (Lipinski definition) is 1. The highest BCUT2D eigenvalue weighted by Crippen LogP contribution is 2.42. The molecule has 1 fully saturated rings. The van der Waals surface area contributed by atoms with Crippen LogP contribution in [0.25, 0.3) is 5.82 Å². The Morgan fingerprint density at radius 2 is 1.81 bits per heavy atom. The predicted molar refractivity (Wildman–Crippen MR) is 130 cm³/mol. The van der Waals surface area contributed by atoms with E-state index >= 15 is 0 Å². The number of halogens is 1. The third-order valence-corrected chi connectivity index (χ3v) is 6.27. The molecule has 1 N–H and O–H groups in total. The average Bonchev–Trinajstić information content (AvgIpc) is 3.40. The van der Waals surface area contributed by atoms with E-state index in [1.165, 1.54) is 0 Å². The smallest absolute Gasteiger partial charge is 0.174 e. The lowest BCUT2D eigenvalue weighted by Crippen LogP contribution is -2.30. The van der Waals surface area contributed by atoms with Gasteiger partial charge in [-0.1, -0.05) is 28.1 Å². The normalized spacial score (nSPS) is 18.3. The lowest BCUT2D eigenvalue weighted by molar-refractivity contribution is 0.548. The van der Waals surface area contributed by atoms with E-state index in [0.717, 1.165) is 32.9 Å². The van der Waals surface area contributed by atoms with Gasteiger partial charge < -0.3 is 14.8 Å². The summed E-state index contributed by atoms with van der Waals surface area (Å²) in [4.78, 5) is 11.4. The topological polar surface area (TPSA) is 46.0 Å². The van der Waals surface area contributed by atoms with Crippen molar-refractivity contribution in [2.24, 2.45) is 0 Å². The molecule has 0 bridgehead atoms. The van der Waals surface area contributed by atoms with E-state index in [-0.39, 0.29) is 12.1 Å². The van der Waals surface area contributed by atoms with Gasteiger partial charge in [-0.2, -0.15) is 0 Å². The SMILES string of the molecule is Cc1ccc(-n2cccc2[C@@H]2[C@H](c3ccccn3)NC(=S)N2c2ccc(Br)cc2)nc1. The Kier molecular flexibility index (Phi) is 5.29. The average molecular weight is 490 g/mol. The molecule has 1 aromatic carbocycles. The van der Waals surface area contributed by atoms with E-state index in [2.05, 4.69) is 64.9 Å². The molecule has 154 valence electrons. The molecule has 1 saturated heterocycles. The second kappa shape index (κ2) is 8.24. The number of aryl methyl sites for hydroxylation is 1. The fourth-order valence-electron chi connectivity index (χ4n) is 3.98. The largest absolute Gasteiger partial charge is 0.351 e. The predicted octanol–water partition coefficient (Wildman–Crippen LogP) is 5.52. The van der Waals surface area contributed by atoms with Gasteiger partial charge in [-0.25, -0.2) is 4.98 Å². The Labute approximate surface area is 194 Å². The van der Waals surface area contributed by atoms with Gasteiger partial charge in [0.1, 0.15) is 11.9 Å². The van der Waals surface area contributed by atoms with Gasteiger partial charge in [0.05, 0.1) is 11.7 Å². The number of benzene rings is 1. The van der Waals surface area contributed by atoms with Crippen LogP contribution >= 0.6 is 28.1 Å². The Balaban J connectivity index is 1.66. The summed E-state index contributed by atoms with van der Waals surface area (Å²) in [6.45, 7) is 2.04. The van der Waals surface area contributed by atoms with Crippen LogP contribution in [0.1, 0.15) is 29.0 Å². The third-order valence-electron chi connectivity index (χ3n) is 5.43. The quantitative estimate of drug-likeness (QED) is 0.382. The van der Waals surface area contributed by atoms with E-state index in [0.29, 0.717) is 5.11 Å². The van der Waals surface area contributed by atoms with Crippen LogP contribution < -0.4 is 10.2 Å². The van der Waals surface area contributed by atoms with Crippen molar-refractivity contribution < 1.29 is 0 Å². The van der Waals surface area contributed by atoms with Gasteiger partial charge >= 0.3 is 0 Å². The third kappa shape index (κ3) is 3.75. The first-order valence-corrected chi connectivity index (χ1v) is 11.2. The maximum Gasteiger partial charge on any atom is 0.174 e. The molecule has 3 aromatic heterocycles. The summed E-state index contributed by atoms with van der Waals surface area (Å²) in [5, 5.41) is 4.18. The zero-order valence-corrected chi connectivity index (χ0v) is 19.2. The molecule has 0 saturated carbocycles. The van der Waals surface area contributed by atoms with Crippen LogP contribution in [0.4, 0.5) is 5.69 Å². The summed E-state index contributed by atoms with van der Waals surface area (Å²) >= 11 is 9.34. The lowest BCUT2D eigenvalue weighted by atomic mass is 10.0. The zero-order valence-electron chi connectivity index (χ0n) is 16.8. The van der Waals surface area contributed by atoms with Gasteiger partial charge in [0.15, 0.2) is 5.11 Å². The van der Waals surface area contributed by atoms with Crippen molar-refractivity contribution in [2.75, 3.05) is 4.90 Å². The fourth-order valence-corrected chi connectivity index (χ4v) is 4.59. The Hall–Kier alpha value is -3.03. The number of hydrogen-bond acceptors (Lipinski definition) is 3. The molecule has 4 heterocycles. The summed E-state index contributed by atoms with van der Waals surface area (Å²) < 4.78 is 3.15. The molecule has 4 aromatic rings. The number of nitrogens with zero attached hydrogens (tertiary/aromatic N) is 4. The molecule has 0 unspecified atom stereocenters. The summed E-state index contributed by atoms with van der Waals surface area (Å²) in [7, 11) is 0. The number of anilines is 1. The van der Waals surface area contributed by atoms with E-state index < -0.39 is 0 Å². The molecule has 1 aliphatic rings. The molecule has 2 atom stereocenters. The van der Waals surface area contributed by atoms with Crippen molar-refractivity contribution in [3.8, 4) is 5.82 Å². The highest BCUT2D eigenvalue weighted by Gasteiger charge is 2.42. The first-order valence-electron chi connectivity index (χ1n) is 9.98. The maximum absolute atomic E-state index is 5.81. The summed E-state index contributed by atoms with van der Waals surface area (Å²) in [6, 6.07) is 22.3. The standard InChI is InChI=1S/C24H20BrN5S/c1-16-7-12-21(27-15-16)29-14-4-6-20(29)23-22(19-5-2-3-13-26-19)28-24(31)30(23)18-10-8-17(25)9-11-18/h2-15,22-23H,1H3,(H,28,31)/t22-,23+/m0/s1. The summed E-state index contributed by atoms with van der Waals surface area (Å²) in [5.74, 6) is 0.874. The van der Waals surface area contributed by atoms with Gasteiger partial charge in [0.25, 0.3) is 0 Å². The van der Waals surface area contributed by atoms with Crippen molar-refractivity contribution in [1.29, 1.82) is 0 Å². The zero-order chi connectivity index (χ0) is 21.4. The van der Waals surface area contributed by atoms with Crippen LogP contribution in [0.5, 0.6) is 0 Å². The van der Waals surface area contributed by atoms with Crippen LogP contribution in [-0.2, 0) is 0 Å². The molecule has 31 heavy (non-hydrogen) atoms.